The lowest BCUT2D eigenvalue weighted by Crippen LogP contribution is -2.68. The number of aliphatic hydroxyl groups excluding tert-OH is 5. The van der Waals surface area contributed by atoms with Gasteiger partial charge in [0.05, 0.1) is 13.2 Å². The number of carboxylic acid groups (broad SMARTS) is 1. The van der Waals surface area contributed by atoms with E-state index in [1.54, 1.807) is 6.92 Å². The fourth-order valence-corrected chi connectivity index (χ4v) is 12.2. The molecule has 2 aliphatic rings. The Kier molecular flexibility index (Phi) is 40.0. The first-order valence-electron chi connectivity index (χ1n) is 32.0. The largest absolute Gasteiger partial charge is 0.483 e. The van der Waals surface area contributed by atoms with E-state index in [1.165, 1.54) is 61.8 Å². The average molecular weight is 1310 g/mol. The Bertz CT molecular complexity index is 2670. The van der Waals surface area contributed by atoms with Gasteiger partial charge in [-0.3, -0.25) is 13.8 Å². The van der Waals surface area contributed by atoms with E-state index >= 15 is 0 Å². The number of carbonyl (C=O) groups excluding carboxylic acids is 1. The van der Waals surface area contributed by atoms with E-state index in [-0.39, 0.29) is 0 Å². The lowest BCUT2D eigenvalue weighted by atomic mass is 9.95. The summed E-state index contributed by atoms with van der Waals surface area (Å²) in [6.45, 7) is 25.6. The molecule has 2 rings (SSSR count). The fourth-order valence-electron chi connectivity index (χ4n) is 10.1. The Balaban J connectivity index is 1.71. The topological polar surface area (TPSA) is 298 Å². The molecule has 0 saturated carbocycles. The number of amides is 1. The summed E-state index contributed by atoms with van der Waals surface area (Å²) in [4.78, 5) is 44.8. The van der Waals surface area contributed by atoms with Crippen LogP contribution >= 0.6 is 15.6 Å². The highest BCUT2D eigenvalue weighted by Gasteiger charge is 2.54. The Morgan fingerprint density at radius 1 is 0.444 bits per heavy atom. The highest BCUT2D eigenvalue weighted by molar-refractivity contribution is 7.61. The maximum atomic E-state index is 13.1. The zero-order valence-electron chi connectivity index (χ0n) is 56.2. The SMILES string of the molecule is CC(=O)N[C@H]1[C@@H](OP(=O)(O)OP(=O)(O)OC/C=C(/C)CC/C=C(/C)CC/C=C(/C)CC/C=C(/C)CC/C=C(/C)CC/C=C(/C)CC/C=C(/C)CC/C=C(/C)CC/C=C(\C)CC/C=C(\C)CCC=C(C)C)O[C@H](CO)[C@H](O)[C@@H]1O[C@@H]1O[C@H](C(=O)O)[C@H](O)[C@H](O)[C@H]1O. The lowest BCUT2D eigenvalue weighted by Gasteiger charge is -2.47. The van der Waals surface area contributed by atoms with Gasteiger partial charge < -0.3 is 60.0 Å². The van der Waals surface area contributed by atoms with Crippen molar-refractivity contribution in [1.29, 1.82) is 0 Å². The molecular formula is C69H113NO18P2. The van der Waals surface area contributed by atoms with E-state index in [0.29, 0.717) is 12.8 Å². The van der Waals surface area contributed by atoms with Crippen molar-refractivity contribution in [3.63, 3.8) is 0 Å². The predicted molar refractivity (Wildman–Crippen MR) is 356 cm³/mol. The van der Waals surface area contributed by atoms with Gasteiger partial charge in [0.2, 0.25) is 5.91 Å². The van der Waals surface area contributed by atoms with Crippen molar-refractivity contribution in [2.75, 3.05) is 13.2 Å². The zero-order chi connectivity index (χ0) is 67.6. The lowest BCUT2D eigenvalue weighted by molar-refractivity contribution is -0.335. The molecule has 0 aromatic carbocycles. The molecule has 2 aliphatic heterocycles. The second-order valence-corrected chi connectivity index (χ2v) is 27.9. The second-order valence-electron chi connectivity index (χ2n) is 24.9. The van der Waals surface area contributed by atoms with E-state index in [2.05, 4.69) is 147 Å². The van der Waals surface area contributed by atoms with Gasteiger partial charge in [-0.25, -0.2) is 13.9 Å². The molecule has 90 heavy (non-hydrogen) atoms. The van der Waals surface area contributed by atoms with E-state index in [0.717, 1.165) is 128 Å². The number of nitrogens with one attached hydrogen (secondary N) is 1. The minimum Gasteiger partial charge on any atom is -0.479 e. The summed E-state index contributed by atoms with van der Waals surface area (Å²) >= 11 is 0. The molecule has 2 unspecified atom stereocenters. The first-order valence-corrected chi connectivity index (χ1v) is 35.0. The third-order valence-corrected chi connectivity index (χ3v) is 18.4. The molecule has 12 atom stereocenters. The number of hydrogen-bond acceptors (Lipinski definition) is 15. The minimum absolute atomic E-state index is 0.505. The monoisotopic (exact) mass is 1310 g/mol. The maximum absolute atomic E-state index is 13.1. The van der Waals surface area contributed by atoms with Crippen molar-refractivity contribution >= 4 is 27.5 Å². The third kappa shape index (κ3) is 35.3. The average Bonchev–Trinajstić information content (AvgIpc) is 0.867. The highest BCUT2D eigenvalue weighted by Crippen LogP contribution is 2.61. The summed E-state index contributed by atoms with van der Waals surface area (Å²) in [6, 6.07) is -1.86. The molecule has 0 aliphatic carbocycles. The van der Waals surface area contributed by atoms with Crippen molar-refractivity contribution in [2.45, 2.75) is 280 Å². The molecule has 512 valence electrons. The van der Waals surface area contributed by atoms with Crippen LogP contribution in [0, 0.1) is 0 Å². The van der Waals surface area contributed by atoms with Crippen molar-refractivity contribution < 1.29 is 86.7 Å². The number of phosphoric acid groups is 2. The van der Waals surface area contributed by atoms with Crippen molar-refractivity contribution in [3.8, 4) is 0 Å². The zero-order valence-corrected chi connectivity index (χ0v) is 58.0. The van der Waals surface area contributed by atoms with Crippen molar-refractivity contribution in [3.05, 3.63) is 128 Å². The van der Waals surface area contributed by atoms with Gasteiger partial charge >= 0.3 is 21.6 Å². The molecule has 0 spiro atoms. The van der Waals surface area contributed by atoms with Crippen LogP contribution in [0.1, 0.15) is 218 Å². The number of carbonyl (C=O) groups is 2. The van der Waals surface area contributed by atoms with Gasteiger partial charge in [0.1, 0.15) is 42.7 Å². The summed E-state index contributed by atoms with van der Waals surface area (Å²) in [5, 5.41) is 63.4. The number of hydrogen-bond donors (Lipinski definition) is 9. The molecule has 0 radical (unpaired) electrons. The van der Waals surface area contributed by atoms with Crippen molar-refractivity contribution in [1.82, 2.24) is 5.32 Å². The van der Waals surface area contributed by atoms with Gasteiger partial charge in [-0.05, 0) is 212 Å². The molecule has 2 heterocycles. The van der Waals surface area contributed by atoms with Crippen LogP contribution < -0.4 is 5.32 Å². The van der Waals surface area contributed by atoms with Crippen LogP contribution in [0.15, 0.2) is 128 Å². The molecule has 0 bridgehead atoms. The van der Waals surface area contributed by atoms with E-state index in [4.69, 9.17) is 23.3 Å². The molecule has 21 heteroatoms. The molecule has 0 aromatic heterocycles. The summed E-state index contributed by atoms with van der Waals surface area (Å²) in [6.07, 6.45) is 27.4. The summed E-state index contributed by atoms with van der Waals surface area (Å²) in [7, 11) is -11.0. The predicted octanol–water partition coefficient (Wildman–Crippen LogP) is 14.3. The summed E-state index contributed by atoms with van der Waals surface area (Å²) in [5.41, 5.74) is 15.1. The van der Waals surface area contributed by atoms with Crippen LogP contribution in [0.5, 0.6) is 0 Å². The summed E-state index contributed by atoms with van der Waals surface area (Å²) < 4.78 is 56.4. The van der Waals surface area contributed by atoms with Crippen LogP contribution in [0.4, 0.5) is 0 Å². The normalized spacial score (nSPS) is 25.5. The minimum atomic E-state index is -5.69. The quantitative estimate of drug-likeness (QED) is 0.0203. The number of aliphatic hydroxyl groups is 5. The van der Waals surface area contributed by atoms with E-state index < -0.39 is 102 Å². The van der Waals surface area contributed by atoms with Gasteiger partial charge in [-0.2, -0.15) is 4.31 Å². The second kappa shape index (κ2) is 43.8. The van der Waals surface area contributed by atoms with Crippen LogP contribution in [0.2, 0.25) is 0 Å². The molecule has 2 fully saturated rings. The standard InChI is InChI=1S/C69H113NO18P2/c1-47(2)24-14-25-48(3)26-15-27-49(4)28-16-29-50(5)30-17-31-51(6)32-18-33-52(7)34-19-35-53(8)36-20-37-54(9)38-21-39-55(10)40-22-41-56(11)42-23-43-57(12)44-45-83-89(79,80)88-90(81,82)87-68-60(70-58(13)72)65(61(73)59(46-71)84-68)85-69-64(76)62(74)63(75)66(86-69)67(77)78/h24,26,28,30,32,34,36,38,40,42,44,59-66,68-69,71,73-76H,14-23,25,27,29,31,33,35,37,39,41,43,45-46H2,1-13H3,(H,70,72)(H,77,78)(H,79,80)(H,81,82)/b48-26+,49-28+,50-30-,51-32-,52-34-,53-36-,54-38-,55-40-,56-42-,57-44-/t59-,60-,61+,62+,63-,64-,65-,66+,68-,69-/m1/s1. The number of ether oxygens (including phenoxy) is 3. The highest BCUT2D eigenvalue weighted by atomic mass is 31.3. The molecule has 1 amide bonds. The molecule has 19 nitrogen and oxygen atoms in total. The van der Waals surface area contributed by atoms with Crippen LogP contribution in [-0.2, 0) is 46.3 Å². The van der Waals surface area contributed by atoms with Crippen LogP contribution in [0.3, 0.4) is 0 Å². The van der Waals surface area contributed by atoms with E-state index in [1.807, 2.05) is 0 Å². The van der Waals surface area contributed by atoms with Gasteiger partial charge in [0, 0.05) is 6.92 Å². The molecule has 0 aromatic rings. The van der Waals surface area contributed by atoms with Crippen LogP contribution in [-0.4, -0.2) is 127 Å². The molecular weight excluding hydrogens is 1190 g/mol. The maximum Gasteiger partial charge on any atom is 0.483 e. The fraction of sp³-hybridized carbons (Fsp3) is 0.652. The number of aliphatic carboxylic acids is 1. The Labute approximate surface area is 538 Å². The Morgan fingerprint density at radius 3 is 1.09 bits per heavy atom. The first-order chi connectivity index (χ1) is 42.3. The number of phosphoric ester groups is 2. The molecule has 9 N–H and O–H groups in total. The van der Waals surface area contributed by atoms with Crippen molar-refractivity contribution in [2.24, 2.45) is 0 Å². The smallest absolute Gasteiger partial charge is 0.479 e. The molecule has 2 saturated heterocycles. The Hall–Kier alpha value is -3.98. The van der Waals surface area contributed by atoms with Gasteiger partial charge in [0.25, 0.3) is 0 Å². The number of carboxylic acids is 1. The van der Waals surface area contributed by atoms with Gasteiger partial charge in [0.15, 0.2) is 18.7 Å². The third-order valence-electron chi connectivity index (χ3n) is 15.8. The Morgan fingerprint density at radius 2 is 0.778 bits per heavy atom. The summed E-state index contributed by atoms with van der Waals surface area (Å²) in [5.74, 6) is -2.64. The van der Waals surface area contributed by atoms with E-state index in [9.17, 15) is 59.1 Å². The number of allylic oxidation sites excluding steroid dienone is 21. The van der Waals surface area contributed by atoms with Gasteiger partial charge in [-0.15, -0.1) is 0 Å². The van der Waals surface area contributed by atoms with Crippen LogP contribution in [0.25, 0.3) is 0 Å². The van der Waals surface area contributed by atoms with Gasteiger partial charge in [-0.1, -0.05) is 128 Å². The first kappa shape index (κ1) is 82.1. The number of rotatable bonds is 42.